The Balaban J connectivity index is 1.94. The van der Waals surface area contributed by atoms with Crippen LogP contribution in [0.5, 0.6) is 0 Å². The molecule has 0 amide bonds. The van der Waals surface area contributed by atoms with Crippen molar-refractivity contribution in [3.8, 4) is 0 Å². The molecule has 1 saturated heterocycles. The van der Waals surface area contributed by atoms with E-state index in [1.807, 2.05) is 0 Å². The Morgan fingerprint density at radius 3 is 2.75 bits per heavy atom. The molecular weight excluding hydrogens is 204 g/mol. The van der Waals surface area contributed by atoms with Crippen LogP contribution in [-0.2, 0) is 9.53 Å². The van der Waals surface area contributed by atoms with Gasteiger partial charge in [0.25, 0.3) is 0 Å². The summed E-state index contributed by atoms with van der Waals surface area (Å²) in [7, 11) is 0. The molecule has 1 aliphatic heterocycles. The summed E-state index contributed by atoms with van der Waals surface area (Å²) < 4.78 is 5.10. The van der Waals surface area contributed by atoms with Crippen molar-refractivity contribution in [1.82, 2.24) is 10.2 Å². The lowest BCUT2D eigenvalue weighted by molar-refractivity contribution is -0.143. The molecule has 1 rings (SSSR count). The van der Waals surface area contributed by atoms with Crippen LogP contribution in [0.25, 0.3) is 0 Å². The van der Waals surface area contributed by atoms with E-state index in [2.05, 4.69) is 17.1 Å². The average Bonchev–Trinajstić information content (AvgIpc) is 2.31. The van der Waals surface area contributed by atoms with Crippen molar-refractivity contribution in [2.45, 2.75) is 32.6 Å². The smallest absolute Gasteiger partial charge is 0.305 e. The van der Waals surface area contributed by atoms with Gasteiger partial charge >= 0.3 is 5.97 Å². The number of carbonyl (C=O) groups is 1. The molecule has 1 heterocycles. The first-order valence-corrected chi connectivity index (χ1v) is 6.41. The van der Waals surface area contributed by atoms with Crippen LogP contribution < -0.4 is 5.32 Å². The molecule has 0 spiro atoms. The number of nitrogens with one attached hydrogen (secondary N) is 1. The molecule has 16 heavy (non-hydrogen) atoms. The topological polar surface area (TPSA) is 41.6 Å². The van der Waals surface area contributed by atoms with Gasteiger partial charge in [-0.15, -0.1) is 0 Å². The summed E-state index contributed by atoms with van der Waals surface area (Å²) in [6, 6.07) is 0. The van der Waals surface area contributed by atoms with Gasteiger partial charge in [0, 0.05) is 32.6 Å². The molecule has 0 bridgehead atoms. The van der Waals surface area contributed by atoms with E-state index < -0.39 is 0 Å². The molecular formula is C12H24N2O2. The van der Waals surface area contributed by atoms with E-state index in [0.29, 0.717) is 13.0 Å². The number of ether oxygens (including phenoxy) is 1. The summed E-state index contributed by atoms with van der Waals surface area (Å²) >= 11 is 0. The van der Waals surface area contributed by atoms with E-state index in [-0.39, 0.29) is 5.97 Å². The molecule has 0 aliphatic carbocycles. The summed E-state index contributed by atoms with van der Waals surface area (Å²) in [5.74, 6) is -0.0383. The summed E-state index contributed by atoms with van der Waals surface area (Å²) in [5.41, 5.74) is 0. The lowest BCUT2D eigenvalue weighted by atomic mass is 10.2. The molecule has 4 heteroatoms. The molecule has 0 saturated carbocycles. The van der Waals surface area contributed by atoms with E-state index in [0.717, 1.165) is 52.0 Å². The van der Waals surface area contributed by atoms with Crippen molar-refractivity contribution in [3.63, 3.8) is 0 Å². The fraction of sp³-hybridized carbons (Fsp3) is 0.917. The normalized spacial score (nSPS) is 17.3. The number of unbranched alkanes of at least 4 members (excludes halogenated alkanes) is 1. The number of esters is 1. The lowest BCUT2D eigenvalue weighted by Gasteiger charge is -2.26. The molecule has 1 fully saturated rings. The van der Waals surface area contributed by atoms with E-state index >= 15 is 0 Å². The van der Waals surface area contributed by atoms with Gasteiger partial charge in [-0.3, -0.25) is 4.79 Å². The quantitative estimate of drug-likeness (QED) is 0.522. The molecule has 0 aromatic carbocycles. The number of hydrogen-bond acceptors (Lipinski definition) is 4. The zero-order chi connectivity index (χ0) is 11.6. The third-order valence-corrected chi connectivity index (χ3v) is 2.83. The van der Waals surface area contributed by atoms with Crippen LogP contribution in [0, 0.1) is 0 Å². The first-order chi connectivity index (χ1) is 7.83. The molecule has 0 aromatic rings. The third kappa shape index (κ3) is 6.08. The van der Waals surface area contributed by atoms with Crippen molar-refractivity contribution in [2.75, 3.05) is 39.3 Å². The first kappa shape index (κ1) is 13.5. The van der Waals surface area contributed by atoms with Gasteiger partial charge in [-0.05, 0) is 19.4 Å². The number of hydrogen-bond donors (Lipinski definition) is 1. The van der Waals surface area contributed by atoms with Gasteiger partial charge in [-0.25, -0.2) is 0 Å². The molecule has 0 radical (unpaired) electrons. The Kier molecular flexibility index (Phi) is 7.17. The van der Waals surface area contributed by atoms with Crippen LogP contribution in [0.3, 0.4) is 0 Å². The van der Waals surface area contributed by atoms with Crippen LogP contribution in [0.2, 0.25) is 0 Å². The summed E-state index contributed by atoms with van der Waals surface area (Å²) in [4.78, 5) is 13.7. The van der Waals surface area contributed by atoms with Crippen molar-refractivity contribution in [1.29, 1.82) is 0 Å². The third-order valence-electron chi connectivity index (χ3n) is 2.83. The Morgan fingerprint density at radius 2 is 2.06 bits per heavy atom. The first-order valence-electron chi connectivity index (χ1n) is 6.41. The van der Waals surface area contributed by atoms with Gasteiger partial charge in [-0.2, -0.15) is 0 Å². The highest BCUT2D eigenvalue weighted by Crippen LogP contribution is 1.99. The van der Waals surface area contributed by atoms with E-state index in [1.165, 1.54) is 0 Å². The van der Waals surface area contributed by atoms with Gasteiger partial charge in [0.05, 0.1) is 6.61 Å². The van der Waals surface area contributed by atoms with Crippen LogP contribution in [-0.4, -0.2) is 50.2 Å². The largest absolute Gasteiger partial charge is 0.466 e. The Labute approximate surface area is 98.3 Å². The highest BCUT2D eigenvalue weighted by Gasteiger charge is 2.10. The van der Waals surface area contributed by atoms with Gasteiger partial charge in [-0.1, -0.05) is 13.3 Å². The van der Waals surface area contributed by atoms with Crippen molar-refractivity contribution < 1.29 is 9.53 Å². The maximum absolute atomic E-state index is 11.3. The van der Waals surface area contributed by atoms with Gasteiger partial charge in [0.1, 0.15) is 0 Å². The van der Waals surface area contributed by atoms with Crippen molar-refractivity contribution in [3.05, 3.63) is 0 Å². The second-order valence-electron chi connectivity index (χ2n) is 4.27. The maximum atomic E-state index is 11.3. The molecule has 94 valence electrons. The second kappa shape index (κ2) is 8.53. The van der Waals surface area contributed by atoms with Crippen LogP contribution in [0.1, 0.15) is 32.6 Å². The van der Waals surface area contributed by atoms with E-state index in [9.17, 15) is 4.79 Å². The minimum atomic E-state index is -0.0383. The second-order valence-corrected chi connectivity index (χ2v) is 4.27. The summed E-state index contributed by atoms with van der Waals surface area (Å²) in [6.07, 6.45) is 3.54. The fourth-order valence-corrected chi connectivity index (χ4v) is 1.78. The van der Waals surface area contributed by atoms with Gasteiger partial charge < -0.3 is 15.0 Å². The van der Waals surface area contributed by atoms with E-state index in [4.69, 9.17) is 4.74 Å². The van der Waals surface area contributed by atoms with Crippen molar-refractivity contribution in [2.24, 2.45) is 0 Å². The molecule has 1 aliphatic rings. The highest BCUT2D eigenvalue weighted by molar-refractivity contribution is 5.69. The summed E-state index contributed by atoms with van der Waals surface area (Å²) in [6.45, 7) is 8.05. The van der Waals surface area contributed by atoms with E-state index in [1.54, 1.807) is 0 Å². The van der Waals surface area contributed by atoms with Crippen LogP contribution in [0.4, 0.5) is 0 Å². The van der Waals surface area contributed by atoms with Gasteiger partial charge in [0.15, 0.2) is 0 Å². The Bertz CT molecular complexity index is 191. The molecule has 0 aromatic heterocycles. The number of carbonyl (C=O) groups excluding carboxylic acids is 1. The van der Waals surface area contributed by atoms with Crippen LogP contribution >= 0.6 is 0 Å². The van der Waals surface area contributed by atoms with Crippen molar-refractivity contribution >= 4 is 5.97 Å². The lowest BCUT2D eigenvalue weighted by Crippen LogP contribution is -2.43. The Hall–Kier alpha value is -0.610. The van der Waals surface area contributed by atoms with Gasteiger partial charge in [0.2, 0.25) is 0 Å². The standard InChI is InChI=1S/C12H24N2O2/c1-2-3-11-16-12(15)5-4-8-14-9-6-13-7-10-14/h13H,2-11H2,1H3. The predicted octanol–water partition coefficient (Wildman–Crippen LogP) is 1.02. The number of nitrogens with zero attached hydrogens (tertiary/aromatic N) is 1. The zero-order valence-electron chi connectivity index (χ0n) is 10.3. The number of piperazine rings is 1. The monoisotopic (exact) mass is 228 g/mol. The summed E-state index contributed by atoms with van der Waals surface area (Å²) in [5, 5.41) is 3.31. The fourth-order valence-electron chi connectivity index (χ4n) is 1.78. The molecule has 1 N–H and O–H groups in total. The highest BCUT2D eigenvalue weighted by atomic mass is 16.5. The average molecular weight is 228 g/mol. The van der Waals surface area contributed by atoms with Crippen LogP contribution in [0.15, 0.2) is 0 Å². The minimum Gasteiger partial charge on any atom is -0.466 e. The Morgan fingerprint density at radius 1 is 1.31 bits per heavy atom. The predicted molar refractivity (Wildman–Crippen MR) is 64.4 cm³/mol. The molecule has 4 nitrogen and oxygen atoms in total. The number of rotatable bonds is 7. The SMILES string of the molecule is CCCCOC(=O)CCCN1CCNCC1. The molecule has 0 atom stereocenters. The zero-order valence-corrected chi connectivity index (χ0v) is 10.3. The molecule has 0 unspecified atom stereocenters. The maximum Gasteiger partial charge on any atom is 0.305 e. The minimum absolute atomic E-state index is 0.0383.